The molecule has 2 aromatic carbocycles. The number of hydrogen-bond acceptors (Lipinski definition) is 15. The molecule has 15 nitrogen and oxygen atoms in total. The van der Waals surface area contributed by atoms with Gasteiger partial charge in [0.1, 0.15) is 48.8 Å². The standard InChI is InChI=1S/C32H44O15/c1-14-23(35)25(37)27(39)32(45-14)44-13-18-17-9-15(5-4-8-43-31-28(40)26(38)24(36)22(12-33)46-31)10-21(42-3)30(17)47-29(18)16-6-7-19(34)20(11-16)41-2/h6-7,9-11,14,18,22-29,31-40H,4-5,8,12-13H2,1-3H3/t14-,18-,22+,23-,24-,25+,26-,27+,28+,29+,31+,32+/m0/s1. The van der Waals surface area contributed by atoms with Crippen LogP contribution in [-0.2, 0) is 25.4 Å². The van der Waals surface area contributed by atoms with Gasteiger partial charge in [0.25, 0.3) is 0 Å². The minimum atomic E-state index is -1.54. The van der Waals surface area contributed by atoms with E-state index in [1.807, 2.05) is 12.1 Å². The van der Waals surface area contributed by atoms with Gasteiger partial charge in [0.2, 0.25) is 0 Å². The van der Waals surface area contributed by atoms with Crippen molar-refractivity contribution in [2.24, 2.45) is 0 Å². The Bertz CT molecular complexity index is 1340. The number of rotatable bonds is 12. The zero-order chi connectivity index (χ0) is 34.0. The maximum absolute atomic E-state index is 10.6. The molecule has 3 aliphatic rings. The molecule has 2 saturated heterocycles. The molecule has 0 aromatic heterocycles. The Kier molecular flexibility index (Phi) is 11.5. The molecular formula is C32H44O15. The summed E-state index contributed by atoms with van der Waals surface area (Å²) in [5.74, 6) is 0.616. The monoisotopic (exact) mass is 668 g/mol. The van der Waals surface area contributed by atoms with E-state index in [2.05, 4.69) is 0 Å². The number of methoxy groups -OCH3 is 2. The number of aryl methyl sites for hydroxylation is 1. The highest BCUT2D eigenvalue weighted by molar-refractivity contribution is 5.56. The van der Waals surface area contributed by atoms with Crippen LogP contribution in [0.1, 0.15) is 42.1 Å². The second-order valence-corrected chi connectivity index (χ2v) is 12.0. The van der Waals surface area contributed by atoms with Gasteiger partial charge in [-0.3, -0.25) is 0 Å². The van der Waals surface area contributed by atoms with Crippen LogP contribution in [0.3, 0.4) is 0 Å². The van der Waals surface area contributed by atoms with E-state index in [1.54, 1.807) is 19.1 Å². The highest BCUT2D eigenvalue weighted by Gasteiger charge is 2.45. The van der Waals surface area contributed by atoms with E-state index in [1.165, 1.54) is 20.3 Å². The topological polar surface area (TPSA) is 226 Å². The van der Waals surface area contributed by atoms with Crippen LogP contribution >= 0.6 is 0 Å². The van der Waals surface area contributed by atoms with Crippen LogP contribution in [0.5, 0.6) is 23.0 Å². The van der Waals surface area contributed by atoms with Crippen molar-refractivity contribution >= 4 is 0 Å². The second kappa shape index (κ2) is 15.2. The predicted octanol–water partition coefficient (Wildman–Crippen LogP) is -0.780. The Balaban J connectivity index is 1.35. The van der Waals surface area contributed by atoms with E-state index in [9.17, 15) is 40.9 Å². The van der Waals surface area contributed by atoms with E-state index < -0.39 is 80.0 Å². The van der Waals surface area contributed by atoms with Gasteiger partial charge in [-0.1, -0.05) is 12.1 Å². The van der Waals surface area contributed by atoms with Crippen molar-refractivity contribution in [3.63, 3.8) is 0 Å². The van der Waals surface area contributed by atoms with Gasteiger partial charge in [-0.25, -0.2) is 0 Å². The molecule has 0 spiro atoms. The van der Waals surface area contributed by atoms with Gasteiger partial charge in [-0.2, -0.15) is 0 Å². The number of hydrogen-bond donors (Lipinski definition) is 8. The zero-order valence-corrected chi connectivity index (χ0v) is 26.3. The van der Waals surface area contributed by atoms with Gasteiger partial charge < -0.3 is 74.0 Å². The third kappa shape index (κ3) is 7.30. The molecule has 0 bridgehead atoms. The molecule has 262 valence electrons. The molecule has 0 aliphatic carbocycles. The molecule has 47 heavy (non-hydrogen) atoms. The van der Waals surface area contributed by atoms with Crippen LogP contribution in [0.4, 0.5) is 0 Å². The molecular weight excluding hydrogens is 624 g/mol. The molecule has 12 atom stereocenters. The predicted molar refractivity (Wildman–Crippen MR) is 160 cm³/mol. The molecule has 0 saturated carbocycles. The van der Waals surface area contributed by atoms with Crippen molar-refractivity contribution < 1.29 is 74.0 Å². The Morgan fingerprint density at radius 3 is 2.13 bits per heavy atom. The van der Waals surface area contributed by atoms with Crippen LogP contribution in [0.2, 0.25) is 0 Å². The third-order valence-corrected chi connectivity index (χ3v) is 8.89. The fourth-order valence-electron chi connectivity index (χ4n) is 6.13. The first-order valence-corrected chi connectivity index (χ1v) is 15.5. The number of benzene rings is 2. The number of phenolic OH excluding ortho intramolecular Hbond substituents is 1. The molecule has 5 rings (SSSR count). The average molecular weight is 669 g/mol. The van der Waals surface area contributed by atoms with Gasteiger partial charge in [0.15, 0.2) is 35.6 Å². The summed E-state index contributed by atoms with van der Waals surface area (Å²) in [6.45, 7) is 1.08. The Morgan fingerprint density at radius 1 is 0.766 bits per heavy atom. The molecule has 2 aromatic rings. The maximum atomic E-state index is 10.6. The lowest BCUT2D eigenvalue weighted by molar-refractivity contribution is -0.301. The largest absolute Gasteiger partial charge is 0.504 e. The lowest BCUT2D eigenvalue weighted by atomic mass is 9.90. The molecule has 15 heteroatoms. The molecule has 0 radical (unpaired) electrons. The summed E-state index contributed by atoms with van der Waals surface area (Å²) in [6, 6.07) is 8.58. The fraction of sp³-hybridized carbons (Fsp3) is 0.625. The lowest BCUT2D eigenvalue weighted by Crippen LogP contribution is -2.59. The first-order valence-electron chi connectivity index (χ1n) is 15.5. The number of aromatic hydroxyl groups is 1. The molecule has 2 fully saturated rings. The Hall–Kier alpha value is -2.80. The van der Waals surface area contributed by atoms with Gasteiger partial charge in [-0.15, -0.1) is 0 Å². The highest BCUT2D eigenvalue weighted by Crippen LogP contribution is 2.52. The molecule has 0 unspecified atom stereocenters. The summed E-state index contributed by atoms with van der Waals surface area (Å²) in [6.07, 6.45) is -12.8. The minimum absolute atomic E-state index is 0.0368. The van der Waals surface area contributed by atoms with E-state index in [0.29, 0.717) is 29.9 Å². The van der Waals surface area contributed by atoms with E-state index in [4.69, 9.17) is 33.2 Å². The zero-order valence-electron chi connectivity index (χ0n) is 26.3. The first-order chi connectivity index (χ1) is 22.5. The third-order valence-electron chi connectivity index (χ3n) is 8.89. The van der Waals surface area contributed by atoms with Crippen LogP contribution in [-0.4, -0.2) is 136 Å². The summed E-state index contributed by atoms with van der Waals surface area (Å²) < 4.78 is 40.2. The van der Waals surface area contributed by atoms with Crippen molar-refractivity contribution in [1.29, 1.82) is 0 Å². The quantitative estimate of drug-likeness (QED) is 0.130. The SMILES string of the molecule is COc1cc([C@H]2Oc3c(OC)cc(CCCO[C@@H]4O[C@H](CO)[C@H](O)[C@H](O)[C@H]4O)cc3[C@@H]2CO[C@@H]2O[C@@H](C)[C@H](O)[C@@H](O)[C@H]2O)ccc1O. The molecule has 3 aliphatic heterocycles. The number of phenols is 1. The molecule has 0 amide bonds. The van der Waals surface area contributed by atoms with E-state index in [0.717, 1.165) is 11.1 Å². The lowest BCUT2D eigenvalue weighted by Gasteiger charge is -2.39. The highest BCUT2D eigenvalue weighted by atomic mass is 16.7. The second-order valence-electron chi connectivity index (χ2n) is 12.0. The molecule has 8 N–H and O–H groups in total. The maximum Gasteiger partial charge on any atom is 0.186 e. The van der Waals surface area contributed by atoms with Crippen LogP contribution in [0.25, 0.3) is 0 Å². The van der Waals surface area contributed by atoms with Gasteiger partial charge in [-0.05, 0) is 49.1 Å². The summed E-state index contributed by atoms with van der Waals surface area (Å²) in [5, 5.41) is 80.8. The molecule has 3 heterocycles. The summed E-state index contributed by atoms with van der Waals surface area (Å²) in [4.78, 5) is 0. The number of aliphatic hydroxyl groups excluding tert-OH is 7. The van der Waals surface area contributed by atoms with Crippen LogP contribution in [0.15, 0.2) is 30.3 Å². The van der Waals surface area contributed by atoms with Crippen molar-refractivity contribution in [1.82, 2.24) is 0 Å². The van der Waals surface area contributed by atoms with Crippen LogP contribution in [0, 0.1) is 0 Å². The number of aliphatic hydroxyl groups is 7. The number of fused-ring (bicyclic) bond motifs is 1. The van der Waals surface area contributed by atoms with E-state index >= 15 is 0 Å². The fourth-order valence-corrected chi connectivity index (χ4v) is 6.13. The summed E-state index contributed by atoms with van der Waals surface area (Å²) in [7, 11) is 2.94. The summed E-state index contributed by atoms with van der Waals surface area (Å²) in [5.41, 5.74) is 2.23. The minimum Gasteiger partial charge on any atom is -0.504 e. The first kappa shape index (κ1) is 35.5. The smallest absolute Gasteiger partial charge is 0.186 e. The Labute approximate surface area is 271 Å². The van der Waals surface area contributed by atoms with Crippen molar-refractivity contribution in [3.8, 4) is 23.0 Å². The average Bonchev–Trinajstić information content (AvgIpc) is 3.44. The normalized spacial score (nSPS) is 35.3. The van der Waals surface area contributed by atoms with E-state index in [-0.39, 0.29) is 24.7 Å². The number of ether oxygens (including phenoxy) is 7. The van der Waals surface area contributed by atoms with Crippen LogP contribution < -0.4 is 14.2 Å². The summed E-state index contributed by atoms with van der Waals surface area (Å²) >= 11 is 0. The Morgan fingerprint density at radius 2 is 1.45 bits per heavy atom. The van der Waals surface area contributed by atoms with Crippen molar-refractivity contribution in [3.05, 3.63) is 47.0 Å². The van der Waals surface area contributed by atoms with Crippen molar-refractivity contribution in [2.45, 2.75) is 93.2 Å². The van der Waals surface area contributed by atoms with Gasteiger partial charge >= 0.3 is 0 Å². The van der Waals surface area contributed by atoms with Gasteiger partial charge in [0, 0.05) is 5.56 Å². The van der Waals surface area contributed by atoms with Crippen molar-refractivity contribution in [2.75, 3.05) is 34.0 Å². The van der Waals surface area contributed by atoms with Gasteiger partial charge in [0.05, 0.1) is 46.1 Å².